The second-order valence-electron chi connectivity index (χ2n) is 6.76. The number of oxime groups is 1. The molecule has 1 heterocycles. The minimum Gasteiger partial charge on any atom is -0.411 e. The molecule has 0 aromatic heterocycles. The van der Waals surface area contributed by atoms with Gasteiger partial charge in [0.15, 0.2) is 5.79 Å². The first-order chi connectivity index (χ1) is 8.38. The van der Waals surface area contributed by atoms with Gasteiger partial charge in [0, 0.05) is 23.7 Å². The average molecular weight is 233 g/mol. The van der Waals surface area contributed by atoms with Crippen LogP contribution in [0.1, 0.15) is 6.42 Å². The molecule has 2 bridgehead atoms. The quantitative estimate of drug-likeness (QED) is 0.500. The summed E-state index contributed by atoms with van der Waals surface area (Å²) in [6.45, 7) is 1.51. The fourth-order valence-corrected chi connectivity index (χ4v) is 7.11. The lowest BCUT2D eigenvalue weighted by molar-refractivity contribution is -0.241. The van der Waals surface area contributed by atoms with Crippen LogP contribution < -0.4 is 0 Å². The van der Waals surface area contributed by atoms with Gasteiger partial charge in [0.25, 0.3) is 0 Å². The maximum absolute atomic E-state index is 9.32. The number of fused-ring (bicyclic) bond motifs is 4. The van der Waals surface area contributed by atoms with Crippen molar-refractivity contribution in [2.45, 2.75) is 12.2 Å². The van der Waals surface area contributed by atoms with Gasteiger partial charge in [0.1, 0.15) is 0 Å². The average Bonchev–Trinajstić information content (AvgIpc) is 2.95. The molecule has 1 saturated heterocycles. The second-order valence-corrected chi connectivity index (χ2v) is 6.76. The normalized spacial score (nSPS) is 68.8. The smallest absolute Gasteiger partial charge is 0.175 e. The Morgan fingerprint density at radius 1 is 1.06 bits per heavy atom. The summed E-state index contributed by atoms with van der Waals surface area (Å²) < 4.78 is 12.2. The van der Waals surface area contributed by atoms with Crippen LogP contribution in [0.15, 0.2) is 5.16 Å². The van der Waals surface area contributed by atoms with Crippen LogP contribution in [0.4, 0.5) is 0 Å². The van der Waals surface area contributed by atoms with Crippen molar-refractivity contribution in [1.82, 2.24) is 0 Å². The van der Waals surface area contributed by atoms with E-state index in [0.717, 1.165) is 42.6 Å². The van der Waals surface area contributed by atoms with Gasteiger partial charge in [-0.25, -0.2) is 0 Å². The van der Waals surface area contributed by atoms with Gasteiger partial charge in [-0.1, -0.05) is 5.16 Å². The van der Waals surface area contributed by atoms with Crippen molar-refractivity contribution in [2.75, 3.05) is 13.2 Å². The molecule has 6 aliphatic rings. The van der Waals surface area contributed by atoms with Crippen LogP contribution in [-0.4, -0.2) is 29.9 Å². The van der Waals surface area contributed by atoms with Gasteiger partial charge in [0.05, 0.1) is 18.9 Å². The van der Waals surface area contributed by atoms with E-state index in [1.165, 1.54) is 6.42 Å². The van der Waals surface area contributed by atoms with Gasteiger partial charge in [-0.3, -0.25) is 0 Å². The SMILES string of the molecule is ON=C1[C@@H]2[C@H]3C[C@H]4[C@@H]5[C@@H]3[C@@H]1[C@@H]5C1(OCCO1)[C@H]42. The lowest BCUT2D eigenvalue weighted by atomic mass is 9.58. The number of ether oxygens (including phenoxy) is 2. The lowest BCUT2D eigenvalue weighted by Gasteiger charge is -2.50. The molecule has 1 aliphatic heterocycles. The molecule has 0 radical (unpaired) electrons. The van der Waals surface area contributed by atoms with E-state index in [2.05, 4.69) is 5.16 Å². The maximum atomic E-state index is 9.32. The molecule has 4 nitrogen and oxygen atoms in total. The zero-order chi connectivity index (χ0) is 10.9. The Morgan fingerprint density at radius 3 is 2.65 bits per heavy atom. The molecular weight excluding hydrogens is 218 g/mol. The van der Waals surface area contributed by atoms with E-state index in [0.29, 0.717) is 23.7 Å². The third-order valence-corrected chi connectivity index (χ3v) is 6.97. The molecule has 6 rings (SSSR count). The summed E-state index contributed by atoms with van der Waals surface area (Å²) in [7, 11) is 0. The van der Waals surface area contributed by atoms with Crippen LogP contribution >= 0.6 is 0 Å². The molecular formula is C13H15NO3. The molecule has 90 valence electrons. The topological polar surface area (TPSA) is 51.1 Å². The van der Waals surface area contributed by atoms with E-state index in [1.54, 1.807) is 0 Å². The van der Waals surface area contributed by atoms with Crippen LogP contribution in [-0.2, 0) is 9.47 Å². The highest BCUT2D eigenvalue weighted by molar-refractivity contribution is 5.96. The Labute approximate surface area is 99.0 Å². The Balaban J connectivity index is 1.64. The largest absolute Gasteiger partial charge is 0.411 e. The number of nitrogens with zero attached hydrogens (tertiary/aromatic N) is 1. The molecule has 0 unspecified atom stereocenters. The van der Waals surface area contributed by atoms with E-state index in [9.17, 15) is 5.21 Å². The van der Waals surface area contributed by atoms with Crippen LogP contribution in [0.5, 0.6) is 0 Å². The van der Waals surface area contributed by atoms with Crippen molar-refractivity contribution >= 4 is 5.71 Å². The monoisotopic (exact) mass is 233 g/mol. The fraction of sp³-hybridized carbons (Fsp3) is 0.923. The molecule has 4 heteroatoms. The second kappa shape index (κ2) is 2.16. The summed E-state index contributed by atoms with van der Waals surface area (Å²) >= 11 is 0. The zero-order valence-electron chi connectivity index (χ0n) is 9.45. The lowest BCUT2D eigenvalue weighted by Crippen LogP contribution is -2.58. The molecule has 1 spiro atoms. The van der Waals surface area contributed by atoms with E-state index < -0.39 is 0 Å². The summed E-state index contributed by atoms with van der Waals surface area (Å²) in [5.74, 6) is 4.94. The molecule has 6 fully saturated rings. The molecule has 0 amide bonds. The van der Waals surface area contributed by atoms with Crippen molar-refractivity contribution in [2.24, 2.45) is 52.5 Å². The molecule has 1 N–H and O–H groups in total. The fourth-order valence-electron chi connectivity index (χ4n) is 7.11. The third kappa shape index (κ3) is 0.557. The predicted molar refractivity (Wildman–Crippen MR) is 56.4 cm³/mol. The Bertz CT molecular complexity index is 469. The number of rotatable bonds is 0. The Morgan fingerprint density at radius 2 is 1.88 bits per heavy atom. The zero-order valence-corrected chi connectivity index (χ0v) is 9.45. The molecule has 8 atom stereocenters. The van der Waals surface area contributed by atoms with Crippen LogP contribution in [0, 0.1) is 47.3 Å². The van der Waals surface area contributed by atoms with Crippen molar-refractivity contribution in [3.63, 3.8) is 0 Å². The van der Waals surface area contributed by atoms with Crippen LogP contribution in [0.25, 0.3) is 0 Å². The highest BCUT2D eigenvalue weighted by Crippen LogP contribution is 2.85. The van der Waals surface area contributed by atoms with Crippen molar-refractivity contribution < 1.29 is 14.7 Å². The van der Waals surface area contributed by atoms with Crippen LogP contribution in [0.3, 0.4) is 0 Å². The molecule has 5 saturated carbocycles. The molecule has 0 aromatic rings. The van der Waals surface area contributed by atoms with Crippen molar-refractivity contribution in [3.05, 3.63) is 0 Å². The predicted octanol–water partition coefficient (Wildman–Crippen LogP) is 0.947. The van der Waals surface area contributed by atoms with Gasteiger partial charge in [-0.15, -0.1) is 0 Å². The van der Waals surface area contributed by atoms with E-state index in [-0.39, 0.29) is 5.79 Å². The first-order valence-electron chi connectivity index (χ1n) is 6.88. The van der Waals surface area contributed by atoms with Gasteiger partial charge in [-0.05, 0) is 30.1 Å². The van der Waals surface area contributed by atoms with E-state index in [4.69, 9.17) is 9.47 Å². The summed E-state index contributed by atoms with van der Waals surface area (Å²) in [5, 5.41) is 13.0. The van der Waals surface area contributed by atoms with Crippen LogP contribution in [0.2, 0.25) is 0 Å². The van der Waals surface area contributed by atoms with Crippen molar-refractivity contribution in [3.8, 4) is 0 Å². The number of hydrogen-bond acceptors (Lipinski definition) is 4. The molecule has 5 aliphatic carbocycles. The maximum Gasteiger partial charge on any atom is 0.175 e. The van der Waals surface area contributed by atoms with Gasteiger partial charge < -0.3 is 14.7 Å². The van der Waals surface area contributed by atoms with Gasteiger partial charge >= 0.3 is 0 Å². The first kappa shape index (κ1) is 8.48. The highest BCUT2D eigenvalue weighted by Gasteiger charge is 2.88. The van der Waals surface area contributed by atoms with E-state index >= 15 is 0 Å². The molecule has 0 aromatic carbocycles. The minimum atomic E-state index is -0.263. The summed E-state index contributed by atoms with van der Waals surface area (Å²) in [4.78, 5) is 0. The first-order valence-corrected chi connectivity index (χ1v) is 6.88. The number of hydrogen-bond donors (Lipinski definition) is 1. The van der Waals surface area contributed by atoms with Gasteiger partial charge in [-0.2, -0.15) is 0 Å². The summed E-state index contributed by atoms with van der Waals surface area (Å²) in [6, 6.07) is 0. The minimum absolute atomic E-state index is 0.263. The van der Waals surface area contributed by atoms with Gasteiger partial charge in [0.2, 0.25) is 0 Å². The standard InChI is InChI=1S/C13H15NO3/c15-14-12-8-4-3-5-7-6(4)9(12)11(7)13(10(5)8)16-1-2-17-13/h4-11,15H,1-3H2/t4-,5-,6+,7+,8+,9+,10+,11+/m0/s1. The van der Waals surface area contributed by atoms with E-state index in [1.807, 2.05) is 0 Å². The van der Waals surface area contributed by atoms with Crippen molar-refractivity contribution in [1.29, 1.82) is 0 Å². The summed E-state index contributed by atoms with van der Waals surface area (Å²) in [5.41, 5.74) is 1.11. The Kier molecular flexibility index (Phi) is 1.08. The third-order valence-electron chi connectivity index (χ3n) is 6.97. The Hall–Kier alpha value is -0.610. The molecule has 17 heavy (non-hydrogen) atoms. The highest BCUT2D eigenvalue weighted by atomic mass is 16.7. The summed E-state index contributed by atoms with van der Waals surface area (Å²) in [6.07, 6.45) is 1.34.